The molecular formula is C26H34N2O8. The highest BCUT2D eigenvalue weighted by Crippen LogP contribution is 2.42. The predicted octanol–water partition coefficient (Wildman–Crippen LogP) is 2.29. The minimum Gasteiger partial charge on any atom is -0.480 e. The van der Waals surface area contributed by atoms with Crippen LogP contribution in [0.2, 0.25) is 0 Å². The van der Waals surface area contributed by atoms with Gasteiger partial charge in [-0.2, -0.15) is 0 Å². The zero-order chi connectivity index (χ0) is 25.8. The molecule has 3 fully saturated rings. The summed E-state index contributed by atoms with van der Waals surface area (Å²) >= 11 is 0. The number of hydrogen-bond acceptors (Lipinski definition) is 8. The molecule has 36 heavy (non-hydrogen) atoms. The van der Waals surface area contributed by atoms with E-state index in [2.05, 4.69) is 5.32 Å². The first kappa shape index (κ1) is 25.9. The van der Waals surface area contributed by atoms with Crippen LogP contribution in [0.5, 0.6) is 0 Å². The van der Waals surface area contributed by atoms with Crippen LogP contribution in [-0.2, 0) is 35.0 Å². The summed E-state index contributed by atoms with van der Waals surface area (Å²) in [4.78, 5) is 51.4. The Morgan fingerprint density at radius 2 is 1.94 bits per heavy atom. The molecule has 7 atom stereocenters. The summed E-state index contributed by atoms with van der Waals surface area (Å²) in [6.45, 7) is 3.15. The first-order valence-corrected chi connectivity index (χ1v) is 12.6. The van der Waals surface area contributed by atoms with E-state index in [-0.39, 0.29) is 24.5 Å². The van der Waals surface area contributed by atoms with Crippen LogP contribution in [0.25, 0.3) is 0 Å². The molecule has 10 heteroatoms. The molecule has 2 unspecified atom stereocenters. The largest absolute Gasteiger partial charge is 0.509 e. The number of carbonyl (C=O) groups excluding carboxylic acids is 3. The second kappa shape index (κ2) is 11.3. The maximum atomic E-state index is 13.6. The highest BCUT2D eigenvalue weighted by atomic mass is 16.8. The lowest BCUT2D eigenvalue weighted by Crippen LogP contribution is -2.55. The molecule has 0 aromatic heterocycles. The van der Waals surface area contributed by atoms with Crippen molar-refractivity contribution in [2.45, 2.75) is 88.7 Å². The maximum absolute atomic E-state index is 13.6. The van der Waals surface area contributed by atoms with E-state index in [1.54, 1.807) is 18.7 Å². The van der Waals surface area contributed by atoms with E-state index in [4.69, 9.17) is 14.2 Å². The van der Waals surface area contributed by atoms with Gasteiger partial charge in [-0.15, -0.1) is 0 Å². The monoisotopic (exact) mass is 502 g/mol. The van der Waals surface area contributed by atoms with Gasteiger partial charge in [0.2, 0.25) is 5.91 Å². The number of carboxylic acid groups (broad SMARTS) is 1. The summed E-state index contributed by atoms with van der Waals surface area (Å²) in [5, 5.41) is 12.7. The molecule has 196 valence electrons. The van der Waals surface area contributed by atoms with Crippen molar-refractivity contribution in [2.24, 2.45) is 5.92 Å². The first-order chi connectivity index (χ1) is 17.2. The smallest absolute Gasteiger partial charge is 0.480 e. The van der Waals surface area contributed by atoms with E-state index in [0.29, 0.717) is 19.3 Å². The molecule has 4 rings (SSSR count). The number of carboxylic acids is 1. The Kier molecular flexibility index (Phi) is 8.13. The third-order valence-corrected chi connectivity index (χ3v) is 7.49. The number of fused-ring (bicyclic) bond motifs is 1. The van der Waals surface area contributed by atoms with E-state index in [0.717, 1.165) is 24.8 Å². The van der Waals surface area contributed by atoms with Crippen LogP contribution in [0.1, 0.15) is 51.5 Å². The zero-order valence-corrected chi connectivity index (χ0v) is 20.6. The highest BCUT2D eigenvalue weighted by Gasteiger charge is 2.50. The standard InChI is InChI=1S/C26H34N2O8/c1-15(27-19(24(30)31)12-11-17-7-4-3-5-8-17)23(29)28-20-10-6-9-18(20)13-21(28)25(32)34-14-22-16(2)35-26(33)36-22/h3-5,7-8,15-16,18-22,27H,6,9-14H2,1-2H3,(H,30,31)/t15-,16?,18-,19-,20-,21-,22?/m0/s1. The van der Waals surface area contributed by atoms with Crippen LogP contribution in [0.15, 0.2) is 30.3 Å². The first-order valence-electron chi connectivity index (χ1n) is 12.6. The van der Waals surface area contributed by atoms with Gasteiger partial charge in [-0.05, 0) is 57.4 Å². The Morgan fingerprint density at radius 1 is 1.19 bits per heavy atom. The van der Waals surface area contributed by atoms with E-state index >= 15 is 0 Å². The number of likely N-dealkylation sites (tertiary alicyclic amines) is 1. The maximum Gasteiger partial charge on any atom is 0.509 e. The molecule has 2 aliphatic heterocycles. The quantitative estimate of drug-likeness (QED) is 0.463. The summed E-state index contributed by atoms with van der Waals surface area (Å²) in [5.41, 5.74) is 1.02. The fourth-order valence-corrected chi connectivity index (χ4v) is 5.55. The number of nitrogens with one attached hydrogen (secondary N) is 1. The molecule has 10 nitrogen and oxygen atoms in total. The Hall–Kier alpha value is -3.14. The van der Waals surface area contributed by atoms with E-state index < -0.39 is 48.4 Å². The molecule has 2 saturated heterocycles. The normalized spacial score (nSPS) is 28.7. The summed E-state index contributed by atoms with van der Waals surface area (Å²) in [6, 6.07) is 7.06. The average molecular weight is 503 g/mol. The summed E-state index contributed by atoms with van der Waals surface area (Å²) < 4.78 is 15.4. The van der Waals surface area contributed by atoms with Crippen molar-refractivity contribution in [2.75, 3.05) is 6.61 Å². The molecule has 2 heterocycles. The molecule has 1 aromatic carbocycles. The van der Waals surface area contributed by atoms with Gasteiger partial charge in [-0.25, -0.2) is 9.59 Å². The van der Waals surface area contributed by atoms with Gasteiger partial charge in [0.25, 0.3) is 0 Å². The second-order valence-electron chi connectivity index (χ2n) is 9.92. The van der Waals surface area contributed by atoms with Crippen molar-refractivity contribution < 1.29 is 38.5 Å². The van der Waals surface area contributed by atoms with Gasteiger partial charge < -0.3 is 24.2 Å². The van der Waals surface area contributed by atoms with E-state index in [9.17, 15) is 24.3 Å². The lowest BCUT2D eigenvalue weighted by Gasteiger charge is -2.32. The molecule has 0 spiro atoms. The van der Waals surface area contributed by atoms with Gasteiger partial charge in [0.05, 0.1) is 6.04 Å². The Bertz CT molecular complexity index is 970. The Morgan fingerprint density at radius 3 is 2.61 bits per heavy atom. The van der Waals surface area contributed by atoms with Crippen LogP contribution in [0.4, 0.5) is 4.79 Å². The number of rotatable bonds is 10. The van der Waals surface area contributed by atoms with E-state index in [1.807, 2.05) is 30.3 Å². The molecule has 0 bridgehead atoms. The summed E-state index contributed by atoms with van der Waals surface area (Å²) in [6.07, 6.45) is 2.09. The van der Waals surface area contributed by atoms with Gasteiger partial charge in [0, 0.05) is 6.04 Å². The second-order valence-corrected chi connectivity index (χ2v) is 9.92. The summed E-state index contributed by atoms with van der Waals surface area (Å²) in [5.74, 6) is -1.66. The van der Waals surface area contributed by atoms with Gasteiger partial charge in [0.1, 0.15) is 24.8 Å². The number of amides is 1. The number of esters is 1. The van der Waals surface area contributed by atoms with Crippen molar-refractivity contribution in [3.8, 4) is 0 Å². The minimum absolute atomic E-state index is 0.0709. The van der Waals surface area contributed by atoms with Crippen molar-refractivity contribution >= 4 is 24.0 Å². The number of benzene rings is 1. The fourth-order valence-electron chi connectivity index (χ4n) is 5.55. The van der Waals surface area contributed by atoms with Crippen LogP contribution in [0, 0.1) is 5.92 Å². The van der Waals surface area contributed by atoms with Crippen molar-refractivity contribution in [3.63, 3.8) is 0 Å². The fraction of sp³-hybridized carbons (Fsp3) is 0.615. The van der Waals surface area contributed by atoms with Crippen molar-refractivity contribution in [3.05, 3.63) is 35.9 Å². The Labute approximate surface area is 210 Å². The minimum atomic E-state index is -1.02. The highest BCUT2D eigenvalue weighted by molar-refractivity contribution is 5.89. The average Bonchev–Trinajstić information content (AvgIpc) is 3.54. The van der Waals surface area contributed by atoms with Gasteiger partial charge in [-0.1, -0.05) is 36.8 Å². The number of nitrogens with zero attached hydrogens (tertiary/aromatic N) is 1. The number of hydrogen-bond donors (Lipinski definition) is 2. The van der Waals surface area contributed by atoms with Crippen LogP contribution >= 0.6 is 0 Å². The number of ether oxygens (including phenoxy) is 3. The van der Waals surface area contributed by atoms with Gasteiger partial charge in [0.15, 0.2) is 6.10 Å². The number of carbonyl (C=O) groups is 4. The molecule has 1 aliphatic carbocycles. The SMILES string of the molecule is CC1OC(=O)OC1COC(=O)[C@@H]1C[C@@H]2CCC[C@@H]2N1C(=O)[C@H](C)N[C@@H](CCc1ccccc1)C(=O)O. The lowest BCUT2D eigenvalue weighted by atomic mass is 10.0. The molecule has 0 radical (unpaired) electrons. The topological polar surface area (TPSA) is 131 Å². The van der Waals surface area contributed by atoms with Gasteiger partial charge in [-0.3, -0.25) is 14.9 Å². The zero-order valence-electron chi connectivity index (χ0n) is 20.6. The number of aliphatic carboxylic acids is 1. The predicted molar refractivity (Wildman–Crippen MR) is 127 cm³/mol. The molecular weight excluding hydrogens is 468 g/mol. The number of cyclic esters (lactones) is 2. The molecule has 1 amide bonds. The molecule has 3 aliphatic rings. The third-order valence-electron chi connectivity index (χ3n) is 7.49. The molecule has 1 aromatic rings. The van der Waals surface area contributed by atoms with Crippen LogP contribution in [-0.4, -0.2) is 77.0 Å². The molecule has 2 N–H and O–H groups in total. The van der Waals surface area contributed by atoms with Crippen molar-refractivity contribution in [1.29, 1.82) is 0 Å². The number of aryl methyl sites for hydroxylation is 1. The van der Waals surface area contributed by atoms with Crippen LogP contribution < -0.4 is 5.32 Å². The lowest BCUT2D eigenvalue weighted by molar-refractivity contribution is -0.157. The Balaban J connectivity index is 1.39. The van der Waals surface area contributed by atoms with Crippen LogP contribution in [0.3, 0.4) is 0 Å². The van der Waals surface area contributed by atoms with E-state index in [1.165, 1.54) is 0 Å². The molecule has 1 saturated carbocycles. The third kappa shape index (κ3) is 5.80. The summed E-state index contributed by atoms with van der Waals surface area (Å²) in [7, 11) is 0. The van der Waals surface area contributed by atoms with Gasteiger partial charge >= 0.3 is 18.1 Å². The van der Waals surface area contributed by atoms with Crippen molar-refractivity contribution in [1.82, 2.24) is 10.2 Å².